The summed E-state index contributed by atoms with van der Waals surface area (Å²) >= 11 is 0. The van der Waals surface area contributed by atoms with E-state index in [1.54, 1.807) is 24.3 Å². The van der Waals surface area contributed by atoms with Crippen LogP contribution in [0, 0.1) is 0 Å². The van der Waals surface area contributed by atoms with Gasteiger partial charge in [0.2, 0.25) is 6.79 Å². The van der Waals surface area contributed by atoms with E-state index in [0.717, 1.165) is 5.69 Å². The minimum absolute atomic E-state index is 0.00857. The number of carboxylic acid groups (broad SMARTS) is 1. The van der Waals surface area contributed by atoms with Crippen molar-refractivity contribution in [3.63, 3.8) is 0 Å². The van der Waals surface area contributed by atoms with Crippen molar-refractivity contribution < 1.29 is 19.4 Å². The number of benzene rings is 1. The Hall–Kier alpha value is -2.76. The summed E-state index contributed by atoms with van der Waals surface area (Å²) in [5.41, 5.74) is 0.741. The van der Waals surface area contributed by atoms with E-state index >= 15 is 0 Å². The lowest BCUT2D eigenvalue weighted by Gasteiger charge is -2.06. The molecule has 1 aliphatic rings. The third-order valence-electron chi connectivity index (χ3n) is 2.61. The van der Waals surface area contributed by atoms with Crippen molar-refractivity contribution in [1.82, 2.24) is 4.98 Å². The van der Waals surface area contributed by atoms with Crippen molar-refractivity contribution in [1.29, 1.82) is 0 Å². The molecule has 6 nitrogen and oxygen atoms in total. The minimum Gasteiger partial charge on any atom is -0.477 e. The van der Waals surface area contributed by atoms with E-state index in [1.165, 1.54) is 6.07 Å². The molecule has 1 aromatic carbocycles. The minimum atomic E-state index is -1.06. The number of rotatable bonds is 3. The lowest BCUT2D eigenvalue weighted by Crippen LogP contribution is -2.02. The van der Waals surface area contributed by atoms with Crippen molar-refractivity contribution in [3.05, 3.63) is 42.1 Å². The maximum atomic E-state index is 10.8. The number of hydrogen-bond acceptors (Lipinski definition) is 5. The van der Waals surface area contributed by atoms with Gasteiger partial charge in [-0.05, 0) is 24.3 Å². The number of ether oxygens (including phenoxy) is 2. The first-order chi connectivity index (χ1) is 9.22. The summed E-state index contributed by atoms with van der Waals surface area (Å²) < 4.78 is 10.5. The van der Waals surface area contributed by atoms with Crippen molar-refractivity contribution in [2.75, 3.05) is 12.1 Å². The second-order valence-corrected chi connectivity index (χ2v) is 3.91. The molecule has 96 valence electrons. The van der Waals surface area contributed by atoms with Crippen LogP contribution in [0.5, 0.6) is 11.5 Å². The average molecular weight is 258 g/mol. The lowest BCUT2D eigenvalue weighted by atomic mass is 10.2. The molecule has 0 aliphatic carbocycles. The summed E-state index contributed by atoms with van der Waals surface area (Å²) in [6.45, 7) is 0.214. The molecular formula is C13H10N2O4. The third-order valence-corrected chi connectivity index (χ3v) is 2.61. The normalized spacial score (nSPS) is 12.2. The van der Waals surface area contributed by atoms with Crippen LogP contribution in [0.25, 0.3) is 0 Å². The van der Waals surface area contributed by atoms with Crippen molar-refractivity contribution in [2.45, 2.75) is 0 Å². The molecule has 0 saturated carbocycles. The number of hydrogen-bond donors (Lipinski definition) is 2. The number of nitrogens with zero attached hydrogens (tertiary/aromatic N) is 1. The highest BCUT2D eigenvalue weighted by atomic mass is 16.7. The number of aromatic nitrogens is 1. The largest absolute Gasteiger partial charge is 0.477 e. The maximum absolute atomic E-state index is 10.8. The number of carbonyl (C=O) groups is 1. The highest BCUT2D eigenvalue weighted by molar-refractivity contribution is 5.85. The van der Waals surface area contributed by atoms with Gasteiger partial charge >= 0.3 is 5.97 Å². The van der Waals surface area contributed by atoms with E-state index in [0.29, 0.717) is 17.3 Å². The van der Waals surface area contributed by atoms with Gasteiger partial charge in [-0.25, -0.2) is 9.78 Å². The zero-order chi connectivity index (χ0) is 13.2. The van der Waals surface area contributed by atoms with Crippen molar-refractivity contribution in [2.24, 2.45) is 0 Å². The van der Waals surface area contributed by atoms with Crippen LogP contribution in [-0.4, -0.2) is 22.9 Å². The lowest BCUT2D eigenvalue weighted by molar-refractivity contribution is 0.0690. The molecule has 19 heavy (non-hydrogen) atoms. The van der Waals surface area contributed by atoms with Crippen LogP contribution in [0.1, 0.15) is 10.5 Å². The van der Waals surface area contributed by atoms with Gasteiger partial charge < -0.3 is 19.9 Å². The Morgan fingerprint density at radius 2 is 2.05 bits per heavy atom. The van der Waals surface area contributed by atoms with E-state index in [-0.39, 0.29) is 12.5 Å². The maximum Gasteiger partial charge on any atom is 0.354 e. The Kier molecular flexibility index (Phi) is 2.68. The molecule has 6 heteroatoms. The summed E-state index contributed by atoms with van der Waals surface area (Å²) in [4.78, 5) is 14.8. The second kappa shape index (κ2) is 4.49. The van der Waals surface area contributed by atoms with Gasteiger partial charge in [0.15, 0.2) is 17.2 Å². The fraction of sp³-hybridized carbons (Fsp3) is 0.0769. The van der Waals surface area contributed by atoms with Gasteiger partial charge in [0.05, 0.1) is 0 Å². The molecule has 0 amide bonds. The number of anilines is 2. The number of nitrogens with one attached hydrogen (secondary N) is 1. The number of carboxylic acids is 1. The predicted octanol–water partition coefficient (Wildman–Crippen LogP) is 2.25. The molecule has 0 saturated heterocycles. The third kappa shape index (κ3) is 2.28. The standard InChI is InChI=1S/C13H10N2O4/c16-13(17)9-2-1-3-12(15-9)14-8-4-5-10-11(6-8)19-7-18-10/h1-6H,7H2,(H,14,15)(H,16,17). The molecule has 0 fully saturated rings. The Labute approximate surface area is 108 Å². The average Bonchev–Trinajstić information content (AvgIpc) is 2.86. The van der Waals surface area contributed by atoms with E-state index in [1.807, 2.05) is 6.07 Å². The summed E-state index contributed by atoms with van der Waals surface area (Å²) in [6, 6.07) is 10.1. The van der Waals surface area contributed by atoms with Crippen molar-refractivity contribution in [3.8, 4) is 11.5 Å². The molecular weight excluding hydrogens is 248 g/mol. The summed E-state index contributed by atoms with van der Waals surface area (Å²) in [5.74, 6) is 0.741. The van der Waals surface area contributed by atoms with Crippen molar-refractivity contribution >= 4 is 17.5 Å². The highest BCUT2D eigenvalue weighted by Crippen LogP contribution is 2.34. The summed E-state index contributed by atoms with van der Waals surface area (Å²) in [6.07, 6.45) is 0. The first kappa shape index (κ1) is 11.3. The molecule has 0 bridgehead atoms. The topological polar surface area (TPSA) is 80.7 Å². The van der Waals surface area contributed by atoms with Gasteiger partial charge in [-0.3, -0.25) is 0 Å². The van der Waals surface area contributed by atoms with Crippen LogP contribution in [0.3, 0.4) is 0 Å². The van der Waals surface area contributed by atoms with Gasteiger partial charge in [-0.1, -0.05) is 6.07 Å². The van der Waals surface area contributed by atoms with Crippen LogP contribution in [-0.2, 0) is 0 Å². The SMILES string of the molecule is O=C(O)c1cccc(Nc2ccc3c(c2)OCO3)n1. The van der Waals surface area contributed by atoms with Crippen LogP contribution in [0.4, 0.5) is 11.5 Å². The summed E-state index contributed by atoms with van der Waals surface area (Å²) in [5, 5.41) is 11.9. The Morgan fingerprint density at radius 3 is 2.89 bits per heavy atom. The summed E-state index contributed by atoms with van der Waals surface area (Å²) in [7, 11) is 0. The molecule has 3 rings (SSSR count). The van der Waals surface area contributed by atoms with E-state index in [2.05, 4.69) is 10.3 Å². The highest BCUT2D eigenvalue weighted by Gasteiger charge is 2.13. The first-order valence-corrected chi connectivity index (χ1v) is 5.59. The fourth-order valence-electron chi connectivity index (χ4n) is 1.75. The van der Waals surface area contributed by atoms with Crippen LogP contribution in [0.2, 0.25) is 0 Å². The second-order valence-electron chi connectivity index (χ2n) is 3.91. The number of fused-ring (bicyclic) bond motifs is 1. The molecule has 0 spiro atoms. The number of aromatic carboxylic acids is 1. The first-order valence-electron chi connectivity index (χ1n) is 5.59. The van der Waals surface area contributed by atoms with E-state index < -0.39 is 5.97 Å². The Bertz CT molecular complexity index is 642. The predicted molar refractivity (Wildman–Crippen MR) is 67.0 cm³/mol. The Balaban J connectivity index is 1.85. The Morgan fingerprint density at radius 1 is 1.21 bits per heavy atom. The van der Waals surface area contributed by atoms with Crippen LogP contribution < -0.4 is 14.8 Å². The van der Waals surface area contributed by atoms with Crippen LogP contribution in [0.15, 0.2) is 36.4 Å². The molecule has 2 aromatic rings. The molecule has 0 radical (unpaired) electrons. The van der Waals surface area contributed by atoms with Gasteiger partial charge in [0.25, 0.3) is 0 Å². The molecule has 1 aromatic heterocycles. The zero-order valence-electron chi connectivity index (χ0n) is 9.79. The smallest absolute Gasteiger partial charge is 0.354 e. The molecule has 0 unspecified atom stereocenters. The fourth-order valence-corrected chi connectivity index (χ4v) is 1.75. The zero-order valence-corrected chi connectivity index (χ0v) is 9.79. The molecule has 0 atom stereocenters. The monoisotopic (exact) mass is 258 g/mol. The number of pyridine rings is 1. The van der Waals surface area contributed by atoms with Crippen LogP contribution >= 0.6 is 0 Å². The van der Waals surface area contributed by atoms with E-state index in [4.69, 9.17) is 14.6 Å². The van der Waals surface area contributed by atoms with Gasteiger partial charge in [-0.2, -0.15) is 0 Å². The molecule has 2 N–H and O–H groups in total. The van der Waals surface area contributed by atoms with Gasteiger partial charge in [0, 0.05) is 11.8 Å². The van der Waals surface area contributed by atoms with E-state index in [9.17, 15) is 4.79 Å². The molecule has 2 heterocycles. The molecule has 1 aliphatic heterocycles. The van der Waals surface area contributed by atoms with Gasteiger partial charge in [0.1, 0.15) is 5.82 Å². The quantitative estimate of drug-likeness (QED) is 0.878. The van der Waals surface area contributed by atoms with Gasteiger partial charge in [-0.15, -0.1) is 0 Å².